The third kappa shape index (κ3) is 2.40. The minimum absolute atomic E-state index is 0.221. The normalized spacial score (nSPS) is 9.87. The number of aromatic amines is 1. The summed E-state index contributed by atoms with van der Waals surface area (Å²) in [6, 6.07) is 3.77. The van der Waals surface area contributed by atoms with Crippen molar-refractivity contribution in [1.29, 1.82) is 0 Å². The van der Waals surface area contributed by atoms with Gasteiger partial charge in [0.15, 0.2) is 5.82 Å². The largest absolute Gasteiger partial charge is 0.361 e. The molecule has 0 fully saturated rings. The van der Waals surface area contributed by atoms with Crippen molar-refractivity contribution in [3.8, 4) is 0 Å². The predicted octanol–water partition coefficient (Wildman–Crippen LogP) is 0.777. The molecule has 0 aliphatic heterocycles. The Balaban J connectivity index is 2.06. The maximum absolute atomic E-state index is 11.2. The molecular formula is C10H10N4O. The lowest BCUT2D eigenvalue weighted by atomic mass is 10.3. The van der Waals surface area contributed by atoms with Crippen LogP contribution in [0, 0.1) is 0 Å². The number of nitrogens with one attached hydrogen (secondary N) is 2. The molecule has 0 amide bonds. The summed E-state index contributed by atoms with van der Waals surface area (Å²) < 4.78 is 0. The summed E-state index contributed by atoms with van der Waals surface area (Å²) in [6.07, 6.45) is 6.48. The van der Waals surface area contributed by atoms with Crippen molar-refractivity contribution in [1.82, 2.24) is 15.0 Å². The first kappa shape index (κ1) is 9.39. The zero-order valence-electron chi connectivity index (χ0n) is 7.97. The third-order valence-corrected chi connectivity index (χ3v) is 1.89. The molecule has 15 heavy (non-hydrogen) atoms. The van der Waals surface area contributed by atoms with E-state index in [1.54, 1.807) is 12.4 Å². The lowest BCUT2D eigenvalue weighted by Gasteiger charge is -2.02. The second-order valence-electron chi connectivity index (χ2n) is 2.98. The summed E-state index contributed by atoms with van der Waals surface area (Å²) >= 11 is 0. The van der Waals surface area contributed by atoms with Gasteiger partial charge in [-0.25, -0.2) is 4.98 Å². The molecule has 0 radical (unpaired) electrons. The van der Waals surface area contributed by atoms with Gasteiger partial charge in [0.1, 0.15) is 0 Å². The molecule has 5 heteroatoms. The smallest absolute Gasteiger partial charge is 0.290 e. The second-order valence-corrected chi connectivity index (χ2v) is 2.98. The lowest BCUT2D eigenvalue weighted by Crippen LogP contribution is -2.15. The van der Waals surface area contributed by atoms with Crippen LogP contribution in [0.15, 0.2) is 41.7 Å². The molecule has 2 aromatic heterocycles. The molecular weight excluding hydrogens is 192 g/mol. The SMILES string of the molecule is O=c1[nH]ccnc1NCc1cccnc1. The van der Waals surface area contributed by atoms with Crippen LogP contribution in [-0.4, -0.2) is 15.0 Å². The Morgan fingerprint density at radius 3 is 3.07 bits per heavy atom. The van der Waals surface area contributed by atoms with Crippen LogP contribution in [0.5, 0.6) is 0 Å². The van der Waals surface area contributed by atoms with Gasteiger partial charge >= 0.3 is 0 Å². The Kier molecular flexibility index (Phi) is 2.73. The van der Waals surface area contributed by atoms with Gasteiger partial charge < -0.3 is 10.3 Å². The molecule has 5 nitrogen and oxygen atoms in total. The van der Waals surface area contributed by atoms with Crippen molar-refractivity contribution in [3.63, 3.8) is 0 Å². The molecule has 76 valence electrons. The third-order valence-electron chi connectivity index (χ3n) is 1.89. The fourth-order valence-electron chi connectivity index (χ4n) is 1.17. The van der Waals surface area contributed by atoms with Crippen molar-refractivity contribution >= 4 is 5.82 Å². The Morgan fingerprint density at radius 1 is 1.40 bits per heavy atom. The van der Waals surface area contributed by atoms with Gasteiger partial charge in [-0.15, -0.1) is 0 Å². The molecule has 2 heterocycles. The zero-order valence-corrected chi connectivity index (χ0v) is 7.97. The summed E-state index contributed by atoms with van der Waals surface area (Å²) in [5.74, 6) is 0.321. The fraction of sp³-hybridized carbons (Fsp3) is 0.100. The number of hydrogen-bond donors (Lipinski definition) is 2. The fourth-order valence-corrected chi connectivity index (χ4v) is 1.17. The van der Waals surface area contributed by atoms with E-state index in [1.807, 2.05) is 12.1 Å². The predicted molar refractivity (Wildman–Crippen MR) is 56.4 cm³/mol. The van der Waals surface area contributed by atoms with Crippen molar-refractivity contribution in [2.75, 3.05) is 5.32 Å². The number of rotatable bonds is 3. The maximum atomic E-state index is 11.2. The number of pyridine rings is 1. The quantitative estimate of drug-likeness (QED) is 0.771. The highest BCUT2D eigenvalue weighted by molar-refractivity contribution is 5.31. The van der Waals surface area contributed by atoms with Crippen LogP contribution in [0.4, 0.5) is 5.82 Å². The topological polar surface area (TPSA) is 70.7 Å². The Labute approximate surface area is 86.2 Å². The highest BCUT2D eigenvalue weighted by Gasteiger charge is 1.98. The molecule has 0 spiro atoms. The van der Waals surface area contributed by atoms with E-state index in [1.165, 1.54) is 12.4 Å². The van der Waals surface area contributed by atoms with Crippen molar-refractivity contribution in [3.05, 3.63) is 52.8 Å². The summed E-state index contributed by atoms with van der Waals surface area (Å²) in [6.45, 7) is 0.536. The summed E-state index contributed by atoms with van der Waals surface area (Å²) in [5.41, 5.74) is 0.781. The minimum Gasteiger partial charge on any atom is -0.361 e. The summed E-state index contributed by atoms with van der Waals surface area (Å²) in [7, 11) is 0. The van der Waals surface area contributed by atoms with Crippen molar-refractivity contribution < 1.29 is 0 Å². The first-order valence-corrected chi connectivity index (χ1v) is 4.53. The minimum atomic E-state index is -0.221. The van der Waals surface area contributed by atoms with Gasteiger partial charge in [0.25, 0.3) is 5.56 Å². The average Bonchev–Trinajstić information content (AvgIpc) is 2.29. The lowest BCUT2D eigenvalue weighted by molar-refractivity contribution is 1.05. The van der Waals surface area contributed by atoms with Gasteiger partial charge in [-0.1, -0.05) is 6.07 Å². The Bertz CT molecular complexity index is 480. The van der Waals surface area contributed by atoms with Crippen LogP contribution < -0.4 is 10.9 Å². The number of anilines is 1. The Hall–Kier alpha value is -2.17. The van der Waals surface area contributed by atoms with Crippen LogP contribution in [0.1, 0.15) is 5.56 Å². The van der Waals surface area contributed by atoms with Gasteiger partial charge in [-0.2, -0.15) is 0 Å². The van der Waals surface area contributed by atoms with Crippen LogP contribution >= 0.6 is 0 Å². The van der Waals surface area contributed by atoms with Gasteiger partial charge in [0.05, 0.1) is 0 Å². The molecule has 0 unspecified atom stereocenters. The molecule has 0 aliphatic rings. The van der Waals surface area contributed by atoms with E-state index in [9.17, 15) is 4.79 Å². The average molecular weight is 202 g/mol. The molecule has 0 bridgehead atoms. The molecule has 2 aromatic rings. The molecule has 0 saturated heterocycles. The summed E-state index contributed by atoms with van der Waals surface area (Å²) in [5, 5.41) is 2.93. The monoisotopic (exact) mass is 202 g/mol. The first-order valence-electron chi connectivity index (χ1n) is 4.53. The van der Waals surface area contributed by atoms with E-state index in [2.05, 4.69) is 20.3 Å². The van der Waals surface area contributed by atoms with E-state index in [-0.39, 0.29) is 5.56 Å². The number of H-pyrrole nitrogens is 1. The van der Waals surface area contributed by atoms with Crippen LogP contribution in [0.25, 0.3) is 0 Å². The standard InChI is InChI=1S/C10H10N4O/c15-10-9(12-4-5-13-10)14-7-8-2-1-3-11-6-8/h1-6H,7H2,(H,12,14)(H,13,15). The highest BCUT2D eigenvalue weighted by Crippen LogP contribution is 1.98. The molecule has 2 N–H and O–H groups in total. The van der Waals surface area contributed by atoms with Gasteiger partial charge in [0.2, 0.25) is 0 Å². The van der Waals surface area contributed by atoms with Crippen molar-refractivity contribution in [2.24, 2.45) is 0 Å². The van der Waals surface area contributed by atoms with Crippen molar-refractivity contribution in [2.45, 2.75) is 6.54 Å². The molecule has 0 aliphatic carbocycles. The van der Waals surface area contributed by atoms with E-state index >= 15 is 0 Å². The number of aromatic nitrogens is 3. The van der Waals surface area contributed by atoms with Gasteiger partial charge in [-0.3, -0.25) is 9.78 Å². The van der Waals surface area contributed by atoms with Crippen LogP contribution in [0.3, 0.4) is 0 Å². The van der Waals surface area contributed by atoms with E-state index < -0.39 is 0 Å². The van der Waals surface area contributed by atoms with Crippen LogP contribution in [0.2, 0.25) is 0 Å². The van der Waals surface area contributed by atoms with Gasteiger partial charge in [-0.05, 0) is 11.6 Å². The number of hydrogen-bond acceptors (Lipinski definition) is 4. The zero-order chi connectivity index (χ0) is 10.5. The highest BCUT2D eigenvalue weighted by atomic mass is 16.1. The summed E-state index contributed by atoms with van der Waals surface area (Å²) in [4.78, 5) is 21.7. The first-order chi connectivity index (χ1) is 7.36. The van der Waals surface area contributed by atoms with Crippen LogP contribution in [-0.2, 0) is 6.54 Å². The maximum Gasteiger partial charge on any atom is 0.290 e. The van der Waals surface area contributed by atoms with E-state index in [0.717, 1.165) is 5.56 Å². The molecule has 0 atom stereocenters. The number of nitrogens with zero attached hydrogens (tertiary/aromatic N) is 2. The molecule has 0 aromatic carbocycles. The molecule has 0 saturated carbocycles. The van der Waals surface area contributed by atoms with E-state index in [4.69, 9.17) is 0 Å². The van der Waals surface area contributed by atoms with E-state index in [0.29, 0.717) is 12.4 Å². The Morgan fingerprint density at radius 2 is 2.33 bits per heavy atom. The van der Waals surface area contributed by atoms with Gasteiger partial charge in [0, 0.05) is 31.3 Å². The molecule has 2 rings (SSSR count). The second kappa shape index (κ2) is 4.36.